The van der Waals surface area contributed by atoms with E-state index < -0.39 is 0 Å². The van der Waals surface area contributed by atoms with Crippen molar-refractivity contribution in [3.63, 3.8) is 0 Å². The van der Waals surface area contributed by atoms with Gasteiger partial charge in [0, 0.05) is 6.04 Å². The van der Waals surface area contributed by atoms with E-state index in [-0.39, 0.29) is 0 Å². The lowest BCUT2D eigenvalue weighted by atomic mass is 9.92. The van der Waals surface area contributed by atoms with E-state index in [1.165, 1.54) is 25.7 Å². The van der Waals surface area contributed by atoms with Gasteiger partial charge in [-0.15, -0.1) is 0 Å². The van der Waals surface area contributed by atoms with E-state index in [0.717, 1.165) is 0 Å². The second kappa shape index (κ2) is 1.71. The molecule has 1 aliphatic carbocycles. The predicted octanol–water partition coefficient (Wildman–Crippen LogP) is 0.832. The van der Waals surface area contributed by atoms with Gasteiger partial charge in [-0.05, 0) is 25.7 Å². The third kappa shape index (κ3) is 0.644. The summed E-state index contributed by atoms with van der Waals surface area (Å²) in [6, 6.07) is 0.681. The Morgan fingerprint density at radius 2 is 1.88 bits per heavy atom. The zero-order valence-electron chi connectivity index (χ0n) is 4.89. The Hall–Kier alpha value is -0.0800. The number of fused-ring (bicyclic) bond motifs is 3. The van der Waals surface area contributed by atoms with Crippen LogP contribution in [0.3, 0.4) is 0 Å². The van der Waals surface area contributed by atoms with Crippen LogP contribution >= 0.6 is 0 Å². The molecule has 0 atom stereocenters. The maximum absolute atomic E-state index is 5.23. The van der Waals surface area contributed by atoms with Gasteiger partial charge in [-0.3, -0.25) is 4.84 Å². The van der Waals surface area contributed by atoms with Gasteiger partial charge in [-0.2, -0.15) is 5.48 Å². The van der Waals surface area contributed by atoms with Crippen LogP contribution in [0.15, 0.2) is 0 Å². The first-order chi connectivity index (χ1) is 3.95. The van der Waals surface area contributed by atoms with E-state index in [2.05, 4.69) is 5.48 Å². The molecule has 2 nitrogen and oxygen atoms in total. The van der Waals surface area contributed by atoms with Crippen LogP contribution in [0.1, 0.15) is 25.7 Å². The van der Waals surface area contributed by atoms with Crippen molar-refractivity contribution >= 4 is 0 Å². The van der Waals surface area contributed by atoms with Gasteiger partial charge >= 0.3 is 0 Å². The second-order valence-corrected chi connectivity index (χ2v) is 2.71. The maximum Gasteiger partial charge on any atom is 0.0791 e. The summed E-state index contributed by atoms with van der Waals surface area (Å²) in [7, 11) is 0. The molecule has 46 valence electrons. The highest BCUT2D eigenvalue weighted by molar-refractivity contribution is 4.78. The van der Waals surface area contributed by atoms with Crippen LogP contribution in [-0.4, -0.2) is 12.1 Å². The zero-order chi connectivity index (χ0) is 5.40. The van der Waals surface area contributed by atoms with Crippen molar-refractivity contribution in [1.82, 2.24) is 5.48 Å². The molecule has 0 radical (unpaired) electrons. The summed E-state index contributed by atoms with van der Waals surface area (Å²) >= 11 is 0. The van der Waals surface area contributed by atoms with Crippen LogP contribution in [0.5, 0.6) is 0 Å². The monoisotopic (exact) mass is 113 g/mol. The molecular formula is C6H11NO. The molecule has 0 spiro atoms. The molecule has 3 rings (SSSR count). The molecule has 3 aliphatic rings. The maximum atomic E-state index is 5.23. The second-order valence-electron chi connectivity index (χ2n) is 2.71. The molecule has 3 fully saturated rings. The fourth-order valence-corrected chi connectivity index (χ4v) is 1.49. The van der Waals surface area contributed by atoms with Crippen molar-refractivity contribution in [1.29, 1.82) is 0 Å². The smallest absolute Gasteiger partial charge is 0.0791 e. The normalized spacial score (nSPS) is 45.0. The van der Waals surface area contributed by atoms with Gasteiger partial charge < -0.3 is 0 Å². The van der Waals surface area contributed by atoms with Crippen LogP contribution in [0, 0.1) is 0 Å². The highest BCUT2D eigenvalue weighted by Gasteiger charge is 2.27. The lowest BCUT2D eigenvalue weighted by Crippen LogP contribution is -2.45. The Morgan fingerprint density at radius 1 is 1.12 bits per heavy atom. The molecular weight excluding hydrogens is 102 g/mol. The van der Waals surface area contributed by atoms with Crippen molar-refractivity contribution < 1.29 is 4.84 Å². The predicted molar refractivity (Wildman–Crippen MR) is 30.3 cm³/mol. The number of hydrogen-bond acceptors (Lipinski definition) is 2. The molecule has 1 N–H and O–H groups in total. The fourth-order valence-electron chi connectivity index (χ4n) is 1.49. The Balaban J connectivity index is 2.03. The van der Waals surface area contributed by atoms with Crippen molar-refractivity contribution in [2.75, 3.05) is 0 Å². The van der Waals surface area contributed by atoms with Gasteiger partial charge in [0.15, 0.2) is 0 Å². The van der Waals surface area contributed by atoms with Crippen molar-refractivity contribution in [3.8, 4) is 0 Å². The summed E-state index contributed by atoms with van der Waals surface area (Å²) < 4.78 is 0. The molecule has 2 heteroatoms. The largest absolute Gasteiger partial charge is 0.298 e. The van der Waals surface area contributed by atoms with E-state index in [4.69, 9.17) is 4.84 Å². The third-order valence-electron chi connectivity index (χ3n) is 2.08. The molecule has 0 aromatic carbocycles. The van der Waals surface area contributed by atoms with Gasteiger partial charge in [-0.1, -0.05) is 0 Å². The third-order valence-corrected chi connectivity index (χ3v) is 2.08. The number of hydrogen-bond donors (Lipinski definition) is 1. The van der Waals surface area contributed by atoms with Crippen molar-refractivity contribution in [3.05, 3.63) is 0 Å². The number of rotatable bonds is 0. The summed E-state index contributed by atoms with van der Waals surface area (Å²) in [5.74, 6) is 0. The van der Waals surface area contributed by atoms with E-state index in [0.29, 0.717) is 12.1 Å². The minimum Gasteiger partial charge on any atom is -0.298 e. The summed E-state index contributed by atoms with van der Waals surface area (Å²) in [6.45, 7) is 0. The van der Waals surface area contributed by atoms with Crippen LogP contribution in [0.2, 0.25) is 0 Å². The van der Waals surface area contributed by atoms with Gasteiger partial charge in [-0.25, -0.2) is 0 Å². The van der Waals surface area contributed by atoms with Gasteiger partial charge in [0.05, 0.1) is 6.10 Å². The lowest BCUT2D eigenvalue weighted by molar-refractivity contribution is -0.117. The fraction of sp³-hybridized carbons (Fsp3) is 1.00. The lowest BCUT2D eigenvalue weighted by Gasteiger charge is -2.35. The summed E-state index contributed by atoms with van der Waals surface area (Å²) in [5, 5.41) is 0. The molecule has 2 saturated heterocycles. The molecule has 8 heavy (non-hydrogen) atoms. The van der Waals surface area contributed by atoms with E-state index in [1.54, 1.807) is 0 Å². The summed E-state index contributed by atoms with van der Waals surface area (Å²) in [4.78, 5) is 5.23. The minimum atomic E-state index is 0.542. The molecule has 2 bridgehead atoms. The molecule has 0 amide bonds. The number of hydroxylamine groups is 1. The highest BCUT2D eigenvalue weighted by Crippen LogP contribution is 2.25. The molecule has 2 aliphatic heterocycles. The highest BCUT2D eigenvalue weighted by atomic mass is 16.7. The van der Waals surface area contributed by atoms with E-state index in [9.17, 15) is 0 Å². The first-order valence-corrected chi connectivity index (χ1v) is 3.36. The van der Waals surface area contributed by atoms with Gasteiger partial charge in [0.25, 0.3) is 0 Å². The first-order valence-electron chi connectivity index (χ1n) is 3.36. The van der Waals surface area contributed by atoms with E-state index in [1.807, 2.05) is 0 Å². The first kappa shape index (κ1) is 4.77. The Labute approximate surface area is 49.2 Å². The average Bonchev–Trinajstić information content (AvgIpc) is 1.92. The Morgan fingerprint density at radius 3 is 2.00 bits per heavy atom. The number of nitrogens with one attached hydrogen (secondary N) is 1. The summed E-state index contributed by atoms with van der Waals surface area (Å²) in [6.07, 6.45) is 5.74. The van der Waals surface area contributed by atoms with Gasteiger partial charge in [0.2, 0.25) is 0 Å². The minimum absolute atomic E-state index is 0.542. The summed E-state index contributed by atoms with van der Waals surface area (Å²) in [5.41, 5.74) is 3.02. The molecule has 0 aromatic rings. The van der Waals surface area contributed by atoms with Crippen LogP contribution < -0.4 is 5.48 Å². The molecule has 1 saturated carbocycles. The van der Waals surface area contributed by atoms with Crippen molar-refractivity contribution in [2.24, 2.45) is 0 Å². The Kier molecular flexibility index (Phi) is 1.02. The van der Waals surface area contributed by atoms with Crippen LogP contribution in [0.25, 0.3) is 0 Å². The van der Waals surface area contributed by atoms with E-state index >= 15 is 0 Å². The van der Waals surface area contributed by atoms with Crippen LogP contribution in [0.4, 0.5) is 0 Å². The topological polar surface area (TPSA) is 21.3 Å². The quantitative estimate of drug-likeness (QED) is 0.502. The average molecular weight is 113 g/mol. The van der Waals surface area contributed by atoms with Gasteiger partial charge in [0.1, 0.15) is 0 Å². The zero-order valence-corrected chi connectivity index (χ0v) is 4.89. The van der Waals surface area contributed by atoms with Crippen LogP contribution in [-0.2, 0) is 4.84 Å². The molecule has 0 unspecified atom stereocenters. The molecule has 0 aromatic heterocycles. The Bertz CT molecular complexity index is 63.5. The SMILES string of the molecule is C1CC2CCC1NO2. The van der Waals surface area contributed by atoms with Crippen molar-refractivity contribution in [2.45, 2.75) is 37.8 Å². The standard InChI is InChI=1S/C6H11NO/c1-3-6-4-2-5(1)7-8-6/h5-7H,1-4H2. The molecule has 2 heterocycles.